The molecule has 9 heteroatoms. The van der Waals surface area contributed by atoms with Gasteiger partial charge in [0.15, 0.2) is 0 Å². The molecule has 3 aromatic carbocycles. The highest BCUT2D eigenvalue weighted by Crippen LogP contribution is 2.17. The van der Waals surface area contributed by atoms with Crippen LogP contribution in [-0.4, -0.2) is 31.8 Å². The lowest BCUT2D eigenvalue weighted by molar-refractivity contribution is -0.118. The Labute approximate surface area is 204 Å². The average molecular weight is 498 g/mol. The molecular weight excluding hydrogens is 469 g/mol. The first-order valence-electron chi connectivity index (χ1n) is 11.0. The lowest BCUT2D eigenvalue weighted by Gasteiger charge is -2.21. The molecule has 0 bridgehead atoms. The number of anilines is 1. The zero-order valence-electron chi connectivity index (χ0n) is 19.7. The van der Waals surface area contributed by atoms with Crippen molar-refractivity contribution in [3.63, 3.8) is 0 Å². The van der Waals surface area contributed by atoms with Crippen LogP contribution < -0.4 is 15.4 Å². The zero-order chi connectivity index (χ0) is 25.6. The standard InChI is InChI=1S/C26H28FN3O4S/c1-26(2,3)30-35(33,34)22-15-13-21(14-16-22)28-25(32)23(17-18-7-5-4-6-8-18)29-24(31)19-9-11-20(27)12-10-19/h4-16,23,30H,17H2,1-3H3,(H,28,32)(H,29,31)/t23-/m0/s1. The minimum Gasteiger partial charge on any atom is -0.340 e. The molecule has 7 nitrogen and oxygen atoms in total. The highest BCUT2D eigenvalue weighted by Gasteiger charge is 2.24. The first-order valence-corrected chi connectivity index (χ1v) is 12.5. The summed E-state index contributed by atoms with van der Waals surface area (Å²) in [6.45, 7) is 5.23. The van der Waals surface area contributed by atoms with E-state index in [2.05, 4.69) is 15.4 Å². The van der Waals surface area contributed by atoms with Crippen LogP contribution >= 0.6 is 0 Å². The van der Waals surface area contributed by atoms with Crippen molar-refractivity contribution in [3.8, 4) is 0 Å². The van der Waals surface area contributed by atoms with Gasteiger partial charge in [-0.3, -0.25) is 9.59 Å². The Morgan fingerprint density at radius 3 is 2.06 bits per heavy atom. The van der Waals surface area contributed by atoms with Crippen LogP contribution in [0.1, 0.15) is 36.7 Å². The summed E-state index contributed by atoms with van der Waals surface area (Å²) in [6.07, 6.45) is 0.224. The van der Waals surface area contributed by atoms with Gasteiger partial charge in [0.1, 0.15) is 11.9 Å². The first-order chi connectivity index (χ1) is 16.4. The van der Waals surface area contributed by atoms with Crippen molar-refractivity contribution < 1.29 is 22.4 Å². The van der Waals surface area contributed by atoms with E-state index in [0.717, 1.165) is 5.56 Å². The second kappa shape index (κ2) is 10.8. The molecule has 3 aromatic rings. The third-order valence-corrected chi connectivity index (χ3v) is 6.66. The Morgan fingerprint density at radius 1 is 0.886 bits per heavy atom. The summed E-state index contributed by atoms with van der Waals surface area (Å²) in [5.41, 5.74) is 0.790. The number of benzene rings is 3. The van der Waals surface area contributed by atoms with E-state index in [1.54, 1.807) is 20.8 Å². The maximum absolute atomic E-state index is 13.2. The summed E-state index contributed by atoms with van der Waals surface area (Å²) in [5.74, 6) is -1.47. The van der Waals surface area contributed by atoms with Crippen molar-refractivity contribution in [1.29, 1.82) is 0 Å². The van der Waals surface area contributed by atoms with Crippen LogP contribution in [-0.2, 0) is 21.2 Å². The van der Waals surface area contributed by atoms with Crippen molar-refractivity contribution in [2.75, 3.05) is 5.32 Å². The summed E-state index contributed by atoms with van der Waals surface area (Å²) in [4.78, 5) is 25.9. The van der Waals surface area contributed by atoms with Crippen molar-refractivity contribution in [2.45, 2.75) is 43.7 Å². The molecular formula is C26H28FN3O4S. The summed E-state index contributed by atoms with van der Waals surface area (Å²) in [6, 6.07) is 19.0. The molecule has 0 aliphatic heterocycles. The molecule has 0 aliphatic rings. The van der Waals surface area contributed by atoms with Crippen LogP contribution in [0.2, 0.25) is 0 Å². The molecule has 3 rings (SSSR count). The van der Waals surface area contributed by atoms with Gasteiger partial charge in [-0.05, 0) is 74.9 Å². The topological polar surface area (TPSA) is 104 Å². The van der Waals surface area contributed by atoms with E-state index in [-0.39, 0.29) is 16.9 Å². The highest BCUT2D eigenvalue weighted by molar-refractivity contribution is 7.89. The molecule has 2 amide bonds. The summed E-state index contributed by atoms with van der Waals surface area (Å²) in [7, 11) is -3.72. The summed E-state index contributed by atoms with van der Waals surface area (Å²) >= 11 is 0. The van der Waals surface area contributed by atoms with Crippen LogP contribution in [0.3, 0.4) is 0 Å². The van der Waals surface area contributed by atoms with Crippen LogP contribution in [0.25, 0.3) is 0 Å². The number of hydrogen-bond acceptors (Lipinski definition) is 4. The SMILES string of the molecule is CC(C)(C)NS(=O)(=O)c1ccc(NC(=O)[C@H](Cc2ccccc2)NC(=O)c2ccc(F)cc2)cc1. The Hall–Kier alpha value is -3.56. The molecule has 0 spiro atoms. The van der Waals surface area contributed by atoms with Crippen molar-refractivity contribution in [3.05, 3.63) is 95.8 Å². The van der Waals surface area contributed by atoms with Crippen LogP contribution in [0, 0.1) is 5.82 Å². The molecule has 0 saturated heterocycles. The smallest absolute Gasteiger partial charge is 0.251 e. The second-order valence-electron chi connectivity index (χ2n) is 9.09. The Bertz CT molecular complexity index is 1270. The van der Waals surface area contributed by atoms with Crippen molar-refractivity contribution in [2.24, 2.45) is 0 Å². The van der Waals surface area contributed by atoms with E-state index in [1.807, 2.05) is 30.3 Å². The van der Waals surface area contributed by atoms with E-state index >= 15 is 0 Å². The van der Waals surface area contributed by atoms with Gasteiger partial charge in [0, 0.05) is 23.2 Å². The number of carbonyl (C=O) groups is 2. The normalized spacial score (nSPS) is 12.6. The molecule has 0 unspecified atom stereocenters. The van der Waals surface area contributed by atoms with Gasteiger partial charge in [-0.15, -0.1) is 0 Å². The Balaban J connectivity index is 1.77. The molecule has 0 heterocycles. The molecule has 35 heavy (non-hydrogen) atoms. The second-order valence-corrected chi connectivity index (χ2v) is 10.8. The minimum atomic E-state index is -3.72. The van der Waals surface area contributed by atoms with Crippen LogP contribution in [0.5, 0.6) is 0 Å². The zero-order valence-corrected chi connectivity index (χ0v) is 20.5. The fourth-order valence-electron chi connectivity index (χ4n) is 3.31. The van der Waals surface area contributed by atoms with E-state index in [0.29, 0.717) is 5.69 Å². The van der Waals surface area contributed by atoms with Crippen LogP contribution in [0.4, 0.5) is 10.1 Å². The van der Waals surface area contributed by atoms with Gasteiger partial charge in [-0.1, -0.05) is 30.3 Å². The number of carbonyl (C=O) groups excluding carboxylic acids is 2. The lowest BCUT2D eigenvalue weighted by atomic mass is 10.0. The molecule has 3 N–H and O–H groups in total. The molecule has 0 aliphatic carbocycles. The van der Waals surface area contributed by atoms with Gasteiger partial charge < -0.3 is 10.6 Å². The largest absolute Gasteiger partial charge is 0.340 e. The molecule has 0 saturated carbocycles. The monoisotopic (exact) mass is 497 g/mol. The Morgan fingerprint density at radius 2 is 1.49 bits per heavy atom. The third kappa shape index (κ3) is 7.73. The molecule has 1 atom stereocenters. The van der Waals surface area contributed by atoms with Gasteiger partial charge >= 0.3 is 0 Å². The predicted octanol–water partition coefficient (Wildman–Crippen LogP) is 3.88. The first kappa shape index (κ1) is 26.1. The number of sulfonamides is 1. The number of halogens is 1. The minimum absolute atomic E-state index is 0.0656. The quantitative estimate of drug-likeness (QED) is 0.439. The Kier molecular flexibility index (Phi) is 8.03. The number of rotatable bonds is 8. The fourth-order valence-corrected chi connectivity index (χ4v) is 4.73. The van der Waals surface area contributed by atoms with E-state index in [1.165, 1.54) is 48.5 Å². The van der Waals surface area contributed by atoms with Crippen molar-refractivity contribution in [1.82, 2.24) is 10.0 Å². The summed E-state index contributed by atoms with van der Waals surface area (Å²) < 4.78 is 40.8. The van der Waals surface area contributed by atoms with Gasteiger partial charge in [0.2, 0.25) is 15.9 Å². The van der Waals surface area contributed by atoms with Gasteiger partial charge in [0.25, 0.3) is 5.91 Å². The predicted molar refractivity (Wildman–Crippen MR) is 133 cm³/mol. The number of hydrogen-bond donors (Lipinski definition) is 3. The van der Waals surface area contributed by atoms with E-state index < -0.39 is 39.2 Å². The maximum atomic E-state index is 13.2. The fraction of sp³-hybridized carbons (Fsp3) is 0.231. The molecule has 0 radical (unpaired) electrons. The number of amides is 2. The molecule has 184 valence electrons. The van der Waals surface area contributed by atoms with Gasteiger partial charge in [-0.2, -0.15) is 0 Å². The van der Waals surface area contributed by atoms with Gasteiger partial charge in [-0.25, -0.2) is 17.5 Å². The average Bonchev–Trinajstić information content (AvgIpc) is 2.78. The highest BCUT2D eigenvalue weighted by atomic mass is 32.2. The maximum Gasteiger partial charge on any atom is 0.251 e. The third-order valence-electron chi connectivity index (χ3n) is 4.88. The van der Waals surface area contributed by atoms with E-state index in [9.17, 15) is 22.4 Å². The van der Waals surface area contributed by atoms with Crippen LogP contribution in [0.15, 0.2) is 83.8 Å². The molecule has 0 aromatic heterocycles. The van der Waals surface area contributed by atoms with Crippen molar-refractivity contribution >= 4 is 27.5 Å². The van der Waals surface area contributed by atoms with Gasteiger partial charge in [0.05, 0.1) is 4.90 Å². The van der Waals surface area contributed by atoms with E-state index in [4.69, 9.17) is 0 Å². The number of nitrogens with one attached hydrogen (secondary N) is 3. The molecule has 0 fully saturated rings. The summed E-state index contributed by atoms with van der Waals surface area (Å²) in [5, 5.41) is 5.43. The lowest BCUT2D eigenvalue weighted by Crippen LogP contribution is -2.45.